The third kappa shape index (κ3) is 5.34. The summed E-state index contributed by atoms with van der Waals surface area (Å²) < 4.78 is 0. The lowest BCUT2D eigenvalue weighted by Crippen LogP contribution is -3.08. The van der Waals surface area contributed by atoms with Gasteiger partial charge in [0.2, 0.25) is 0 Å². The highest BCUT2D eigenvalue weighted by Crippen LogP contribution is 2.10. The van der Waals surface area contributed by atoms with E-state index in [1.807, 2.05) is 7.05 Å². The molecule has 2 aromatic carbocycles. The van der Waals surface area contributed by atoms with E-state index < -0.39 is 0 Å². The fourth-order valence-corrected chi connectivity index (χ4v) is 2.41. The minimum Gasteiger partial charge on any atom is -0.326 e. The summed E-state index contributed by atoms with van der Waals surface area (Å²) in [5.74, 6) is -0.0708. The van der Waals surface area contributed by atoms with Crippen molar-refractivity contribution in [3.05, 3.63) is 65.2 Å². The first-order valence-corrected chi connectivity index (χ1v) is 7.72. The molecule has 0 aliphatic rings. The molecule has 0 saturated carbocycles. The maximum atomic E-state index is 12.1. The molecule has 23 heavy (non-hydrogen) atoms. The van der Waals surface area contributed by atoms with Crippen LogP contribution in [-0.4, -0.2) is 25.3 Å². The summed E-state index contributed by atoms with van der Waals surface area (Å²) in [6, 6.07) is 15.4. The van der Waals surface area contributed by atoms with Crippen LogP contribution in [0.3, 0.4) is 0 Å². The van der Waals surface area contributed by atoms with Crippen LogP contribution in [0, 0.1) is 6.92 Å². The second-order valence-corrected chi connectivity index (χ2v) is 5.98. The molecule has 120 valence electrons. The van der Waals surface area contributed by atoms with Gasteiger partial charge < -0.3 is 10.2 Å². The van der Waals surface area contributed by atoms with E-state index in [1.54, 1.807) is 24.3 Å². The van der Waals surface area contributed by atoms with E-state index in [0.717, 1.165) is 11.4 Å². The lowest BCUT2D eigenvalue weighted by molar-refractivity contribution is -0.885. The minimum atomic E-state index is -0.0599. The van der Waals surface area contributed by atoms with Gasteiger partial charge in [0.1, 0.15) is 6.54 Å². The Labute approximate surface area is 137 Å². The second-order valence-electron chi connectivity index (χ2n) is 5.98. The highest BCUT2D eigenvalue weighted by atomic mass is 16.2. The number of rotatable bonds is 6. The van der Waals surface area contributed by atoms with Crippen molar-refractivity contribution in [2.24, 2.45) is 0 Å². The zero-order valence-electron chi connectivity index (χ0n) is 13.8. The number of aryl methyl sites for hydroxylation is 1. The summed E-state index contributed by atoms with van der Waals surface area (Å²) in [5, 5.41) is 2.85. The van der Waals surface area contributed by atoms with Gasteiger partial charge >= 0.3 is 0 Å². The molecule has 4 heteroatoms. The molecule has 4 nitrogen and oxygen atoms in total. The number of anilines is 1. The number of ketones is 1. The molecule has 0 fully saturated rings. The number of Topliss-reactive ketones (excluding diaryl/α,β-unsaturated/α-hetero) is 1. The van der Waals surface area contributed by atoms with Crippen molar-refractivity contribution in [1.82, 2.24) is 0 Å². The number of benzene rings is 2. The Kier molecular flexibility index (Phi) is 5.66. The van der Waals surface area contributed by atoms with E-state index in [1.165, 1.54) is 18.1 Å². The summed E-state index contributed by atoms with van der Waals surface area (Å²) in [7, 11) is 1.99. The van der Waals surface area contributed by atoms with E-state index in [4.69, 9.17) is 0 Å². The number of amides is 1. The molecule has 1 amide bonds. The normalized spacial score (nSPS) is 11.8. The topological polar surface area (TPSA) is 50.6 Å². The SMILES string of the molecule is CC(=O)c1cccc(NC(=O)C[NH+](C)Cc2ccc(C)cc2)c1. The summed E-state index contributed by atoms with van der Waals surface area (Å²) in [5.41, 5.74) is 3.70. The van der Waals surface area contributed by atoms with Gasteiger partial charge in [0, 0.05) is 16.8 Å². The van der Waals surface area contributed by atoms with E-state index >= 15 is 0 Å². The highest BCUT2D eigenvalue weighted by molar-refractivity contribution is 5.97. The second kappa shape index (κ2) is 7.70. The molecular formula is C19H23N2O2+. The van der Waals surface area contributed by atoms with Gasteiger partial charge in [0.25, 0.3) is 5.91 Å². The van der Waals surface area contributed by atoms with Gasteiger partial charge in [0.05, 0.1) is 7.05 Å². The van der Waals surface area contributed by atoms with Crippen molar-refractivity contribution >= 4 is 17.4 Å². The molecule has 0 bridgehead atoms. The first kappa shape index (κ1) is 16.9. The predicted molar refractivity (Wildman–Crippen MR) is 91.7 cm³/mol. The Morgan fingerprint density at radius 3 is 2.43 bits per heavy atom. The predicted octanol–water partition coefficient (Wildman–Crippen LogP) is 1.85. The van der Waals surface area contributed by atoms with Gasteiger partial charge in [-0.2, -0.15) is 0 Å². The van der Waals surface area contributed by atoms with Crippen molar-refractivity contribution in [2.75, 3.05) is 18.9 Å². The van der Waals surface area contributed by atoms with Crippen LogP contribution < -0.4 is 10.2 Å². The number of quaternary nitrogens is 1. The van der Waals surface area contributed by atoms with Crippen LogP contribution in [0.25, 0.3) is 0 Å². The van der Waals surface area contributed by atoms with Gasteiger partial charge in [-0.15, -0.1) is 0 Å². The molecule has 0 aromatic heterocycles. The molecular weight excluding hydrogens is 288 g/mol. The highest BCUT2D eigenvalue weighted by Gasteiger charge is 2.11. The Morgan fingerprint density at radius 2 is 1.78 bits per heavy atom. The number of nitrogens with one attached hydrogen (secondary N) is 2. The van der Waals surface area contributed by atoms with Crippen LogP contribution >= 0.6 is 0 Å². The Bertz CT molecular complexity index is 693. The average Bonchev–Trinajstić information content (AvgIpc) is 2.49. The molecule has 0 aliphatic heterocycles. The smallest absolute Gasteiger partial charge is 0.279 e. The molecule has 0 aliphatic carbocycles. The number of carbonyl (C=O) groups is 2. The van der Waals surface area contributed by atoms with Crippen LogP contribution in [0.15, 0.2) is 48.5 Å². The van der Waals surface area contributed by atoms with Crippen molar-refractivity contribution in [3.8, 4) is 0 Å². The number of likely N-dealkylation sites (N-methyl/N-ethyl adjacent to an activating group) is 1. The Hall–Kier alpha value is -2.46. The summed E-state index contributed by atoms with van der Waals surface area (Å²) >= 11 is 0. The third-order valence-electron chi connectivity index (χ3n) is 3.64. The maximum Gasteiger partial charge on any atom is 0.279 e. The van der Waals surface area contributed by atoms with E-state index in [2.05, 4.69) is 36.5 Å². The van der Waals surface area contributed by atoms with Crippen LogP contribution in [0.2, 0.25) is 0 Å². The van der Waals surface area contributed by atoms with Gasteiger partial charge in [0.15, 0.2) is 12.3 Å². The standard InChI is InChI=1S/C19H22N2O2/c1-14-7-9-16(10-8-14)12-21(3)13-19(23)20-18-6-4-5-17(11-18)15(2)22/h4-11H,12-13H2,1-3H3,(H,20,23)/p+1. The lowest BCUT2D eigenvalue weighted by atomic mass is 10.1. The van der Waals surface area contributed by atoms with Crippen LogP contribution in [-0.2, 0) is 11.3 Å². The van der Waals surface area contributed by atoms with E-state index in [0.29, 0.717) is 17.8 Å². The molecule has 2 rings (SSSR count). The molecule has 2 aromatic rings. The molecule has 0 spiro atoms. The first-order valence-electron chi connectivity index (χ1n) is 7.72. The third-order valence-corrected chi connectivity index (χ3v) is 3.64. The molecule has 1 atom stereocenters. The number of hydrogen-bond acceptors (Lipinski definition) is 2. The van der Waals surface area contributed by atoms with Crippen molar-refractivity contribution in [2.45, 2.75) is 20.4 Å². The van der Waals surface area contributed by atoms with Crippen molar-refractivity contribution in [3.63, 3.8) is 0 Å². The molecule has 0 radical (unpaired) electrons. The maximum absolute atomic E-state index is 12.1. The fraction of sp³-hybridized carbons (Fsp3) is 0.263. The van der Waals surface area contributed by atoms with Gasteiger partial charge in [-0.25, -0.2) is 0 Å². The molecule has 0 saturated heterocycles. The van der Waals surface area contributed by atoms with Crippen molar-refractivity contribution in [1.29, 1.82) is 0 Å². The van der Waals surface area contributed by atoms with E-state index in [-0.39, 0.29) is 11.7 Å². The molecule has 1 unspecified atom stereocenters. The molecule has 2 N–H and O–H groups in total. The van der Waals surface area contributed by atoms with Crippen LogP contribution in [0.1, 0.15) is 28.4 Å². The van der Waals surface area contributed by atoms with Crippen LogP contribution in [0.4, 0.5) is 5.69 Å². The average molecular weight is 311 g/mol. The monoisotopic (exact) mass is 311 g/mol. The van der Waals surface area contributed by atoms with Gasteiger partial charge in [-0.1, -0.05) is 42.0 Å². The Balaban J connectivity index is 1.90. The minimum absolute atomic E-state index is 0.0109. The quantitative estimate of drug-likeness (QED) is 0.800. The fourth-order valence-electron chi connectivity index (χ4n) is 2.41. The zero-order valence-corrected chi connectivity index (χ0v) is 13.8. The largest absolute Gasteiger partial charge is 0.326 e. The lowest BCUT2D eigenvalue weighted by Gasteiger charge is -2.14. The number of hydrogen-bond donors (Lipinski definition) is 2. The Morgan fingerprint density at radius 1 is 1.09 bits per heavy atom. The van der Waals surface area contributed by atoms with Crippen molar-refractivity contribution < 1.29 is 14.5 Å². The summed E-state index contributed by atoms with van der Waals surface area (Å²) in [6.45, 7) is 4.74. The first-order chi connectivity index (χ1) is 10.9. The number of carbonyl (C=O) groups excluding carboxylic acids is 2. The molecule has 0 heterocycles. The van der Waals surface area contributed by atoms with Crippen LogP contribution in [0.5, 0.6) is 0 Å². The summed E-state index contributed by atoms with van der Waals surface area (Å²) in [6.07, 6.45) is 0. The summed E-state index contributed by atoms with van der Waals surface area (Å²) in [4.78, 5) is 24.6. The van der Waals surface area contributed by atoms with Gasteiger partial charge in [-0.3, -0.25) is 9.59 Å². The van der Waals surface area contributed by atoms with Gasteiger partial charge in [-0.05, 0) is 26.0 Å². The van der Waals surface area contributed by atoms with E-state index in [9.17, 15) is 9.59 Å². The zero-order chi connectivity index (χ0) is 16.8.